The van der Waals surface area contributed by atoms with Crippen LogP contribution in [0.25, 0.3) is 5.69 Å². The summed E-state index contributed by atoms with van der Waals surface area (Å²) in [5.74, 6) is 0.153. The van der Waals surface area contributed by atoms with Crippen LogP contribution < -0.4 is 11.0 Å². The number of hydrogen-bond donors (Lipinski definition) is 2. The van der Waals surface area contributed by atoms with Crippen LogP contribution in [0.1, 0.15) is 21.7 Å². The summed E-state index contributed by atoms with van der Waals surface area (Å²) in [6.45, 7) is 2.08. The number of hydrogen-bond acceptors (Lipinski definition) is 3. The lowest BCUT2D eigenvalue weighted by Gasteiger charge is -2.09. The highest BCUT2D eigenvalue weighted by Crippen LogP contribution is 2.19. The molecule has 0 radical (unpaired) electrons. The second-order valence-corrected chi connectivity index (χ2v) is 6.50. The van der Waals surface area contributed by atoms with Gasteiger partial charge in [-0.1, -0.05) is 41.4 Å². The summed E-state index contributed by atoms with van der Waals surface area (Å²) in [5.41, 5.74) is 1.30. The lowest BCUT2D eigenvalue weighted by atomic mass is 10.1. The summed E-state index contributed by atoms with van der Waals surface area (Å²) >= 11 is 12.3. The summed E-state index contributed by atoms with van der Waals surface area (Å²) in [6.07, 6.45) is 0.598. The van der Waals surface area contributed by atoms with E-state index in [2.05, 4.69) is 15.4 Å². The fourth-order valence-electron chi connectivity index (χ4n) is 2.53. The second-order valence-electron chi connectivity index (χ2n) is 5.69. The normalized spacial score (nSPS) is 10.7. The first-order valence-corrected chi connectivity index (χ1v) is 8.69. The third kappa shape index (κ3) is 3.98. The van der Waals surface area contributed by atoms with Crippen molar-refractivity contribution in [2.75, 3.05) is 6.54 Å². The van der Waals surface area contributed by atoms with Crippen LogP contribution in [0, 0.1) is 6.92 Å². The van der Waals surface area contributed by atoms with Crippen molar-refractivity contribution < 1.29 is 4.79 Å². The van der Waals surface area contributed by atoms with E-state index in [0.29, 0.717) is 34.5 Å². The Balaban J connectivity index is 1.75. The van der Waals surface area contributed by atoms with Gasteiger partial charge in [-0.05, 0) is 43.2 Å². The second kappa shape index (κ2) is 7.76. The molecule has 0 saturated heterocycles. The highest BCUT2D eigenvalue weighted by molar-refractivity contribution is 6.34. The van der Waals surface area contributed by atoms with Gasteiger partial charge >= 0.3 is 5.69 Å². The molecular weight excluding hydrogens is 375 g/mol. The number of aryl methyl sites for hydroxylation is 1. The van der Waals surface area contributed by atoms with Crippen molar-refractivity contribution in [3.63, 3.8) is 0 Å². The van der Waals surface area contributed by atoms with E-state index in [1.165, 1.54) is 10.7 Å². The number of amides is 1. The molecule has 26 heavy (non-hydrogen) atoms. The van der Waals surface area contributed by atoms with E-state index in [1.807, 2.05) is 24.3 Å². The maximum Gasteiger partial charge on any atom is 0.348 e. The largest absolute Gasteiger partial charge is 0.352 e. The Labute approximate surface area is 159 Å². The van der Waals surface area contributed by atoms with Gasteiger partial charge in [-0.25, -0.2) is 4.79 Å². The Morgan fingerprint density at radius 2 is 1.96 bits per heavy atom. The maximum atomic E-state index is 12.5. The highest BCUT2D eigenvalue weighted by Gasteiger charge is 2.13. The molecule has 134 valence electrons. The van der Waals surface area contributed by atoms with Crippen LogP contribution >= 0.6 is 23.2 Å². The molecule has 0 bridgehead atoms. The summed E-state index contributed by atoms with van der Waals surface area (Å²) in [4.78, 5) is 26.9. The molecule has 3 aromatic rings. The predicted octanol–water partition coefficient (Wildman–Crippen LogP) is 3.15. The van der Waals surface area contributed by atoms with Gasteiger partial charge in [-0.15, -0.1) is 0 Å². The molecule has 0 fully saturated rings. The zero-order valence-corrected chi connectivity index (χ0v) is 15.4. The Hall–Kier alpha value is -2.57. The smallest absolute Gasteiger partial charge is 0.348 e. The highest BCUT2D eigenvalue weighted by atomic mass is 35.5. The van der Waals surface area contributed by atoms with E-state index in [9.17, 15) is 9.59 Å². The Morgan fingerprint density at radius 3 is 2.65 bits per heavy atom. The first-order valence-electron chi connectivity index (χ1n) is 7.93. The van der Waals surface area contributed by atoms with E-state index in [4.69, 9.17) is 23.2 Å². The monoisotopic (exact) mass is 390 g/mol. The fourth-order valence-corrected chi connectivity index (χ4v) is 2.96. The summed E-state index contributed by atoms with van der Waals surface area (Å²) < 4.78 is 1.19. The van der Waals surface area contributed by atoms with Gasteiger partial charge in [-0.2, -0.15) is 9.78 Å². The van der Waals surface area contributed by atoms with Gasteiger partial charge in [0.1, 0.15) is 5.82 Å². The molecule has 1 aromatic heterocycles. The number of carbonyl (C=O) groups excluding carboxylic acids is 1. The Morgan fingerprint density at radius 1 is 1.19 bits per heavy atom. The molecule has 0 saturated carbocycles. The average Bonchev–Trinajstić information content (AvgIpc) is 2.95. The van der Waals surface area contributed by atoms with Crippen LogP contribution in [0.3, 0.4) is 0 Å². The number of benzene rings is 2. The molecule has 1 amide bonds. The predicted molar refractivity (Wildman–Crippen MR) is 101 cm³/mol. The van der Waals surface area contributed by atoms with Gasteiger partial charge in [0.2, 0.25) is 0 Å². The number of aromatic nitrogens is 3. The minimum absolute atomic E-state index is 0.274. The van der Waals surface area contributed by atoms with Crippen LogP contribution in [0.15, 0.2) is 47.3 Å². The molecule has 6 nitrogen and oxygen atoms in total. The van der Waals surface area contributed by atoms with Gasteiger partial charge < -0.3 is 5.32 Å². The van der Waals surface area contributed by atoms with Crippen molar-refractivity contribution in [1.29, 1.82) is 0 Å². The molecule has 0 aliphatic carbocycles. The fraction of sp³-hybridized carbons (Fsp3) is 0.167. The molecule has 3 rings (SSSR count). The van der Waals surface area contributed by atoms with Gasteiger partial charge in [0, 0.05) is 11.6 Å². The summed E-state index contributed by atoms with van der Waals surface area (Å²) in [7, 11) is 0. The number of carbonyl (C=O) groups is 1. The number of aromatic amines is 1. The van der Waals surface area contributed by atoms with E-state index < -0.39 is 0 Å². The number of H-pyrrole nitrogens is 1. The van der Waals surface area contributed by atoms with Crippen LogP contribution in [0.4, 0.5) is 0 Å². The standard InChI is InChI=1S/C18H16Cl2N4O2/c1-11-22-18(26)24(23-11)13-6-7-16(20)14(10-13)17(25)21-9-8-12-4-2-3-5-15(12)19/h2-7,10H,8-9H2,1H3,(H,21,25)(H,22,23,26). The van der Waals surface area contributed by atoms with Gasteiger partial charge in [-0.3, -0.25) is 9.78 Å². The lowest BCUT2D eigenvalue weighted by Crippen LogP contribution is -2.26. The van der Waals surface area contributed by atoms with Crippen LogP contribution in [0.5, 0.6) is 0 Å². The number of rotatable bonds is 5. The number of nitrogens with zero attached hydrogens (tertiary/aromatic N) is 2. The molecule has 0 aliphatic heterocycles. The van der Waals surface area contributed by atoms with Crippen molar-refractivity contribution in [2.45, 2.75) is 13.3 Å². The topological polar surface area (TPSA) is 79.8 Å². The molecule has 2 N–H and O–H groups in total. The molecule has 1 heterocycles. The first-order chi connectivity index (χ1) is 12.5. The lowest BCUT2D eigenvalue weighted by molar-refractivity contribution is 0.0954. The van der Waals surface area contributed by atoms with Crippen molar-refractivity contribution in [2.24, 2.45) is 0 Å². The minimum atomic E-state index is -0.380. The minimum Gasteiger partial charge on any atom is -0.352 e. The number of halogens is 2. The summed E-state index contributed by atoms with van der Waals surface area (Å²) in [5, 5.41) is 7.86. The molecule has 0 atom stereocenters. The van der Waals surface area contributed by atoms with Crippen LogP contribution in [0.2, 0.25) is 10.0 Å². The van der Waals surface area contributed by atoms with Crippen molar-refractivity contribution >= 4 is 29.1 Å². The van der Waals surface area contributed by atoms with E-state index in [0.717, 1.165) is 5.56 Å². The third-order valence-corrected chi connectivity index (χ3v) is 4.51. The molecule has 0 unspecified atom stereocenters. The van der Waals surface area contributed by atoms with Crippen molar-refractivity contribution in [1.82, 2.24) is 20.1 Å². The van der Waals surface area contributed by atoms with Crippen LogP contribution in [-0.4, -0.2) is 27.2 Å². The Bertz CT molecular complexity index is 1010. The van der Waals surface area contributed by atoms with Crippen molar-refractivity contribution in [3.8, 4) is 5.69 Å². The van der Waals surface area contributed by atoms with Crippen molar-refractivity contribution in [3.05, 3.63) is 79.9 Å². The third-order valence-electron chi connectivity index (χ3n) is 3.81. The maximum absolute atomic E-state index is 12.5. The SMILES string of the molecule is Cc1nn(-c2ccc(Cl)c(C(=O)NCCc3ccccc3Cl)c2)c(=O)[nH]1. The van der Waals surface area contributed by atoms with Crippen LogP contribution in [-0.2, 0) is 6.42 Å². The molecule has 0 spiro atoms. The zero-order chi connectivity index (χ0) is 18.7. The van der Waals surface area contributed by atoms with Gasteiger partial charge in [0.25, 0.3) is 5.91 Å². The Kier molecular flexibility index (Phi) is 5.44. The molecule has 0 aliphatic rings. The quantitative estimate of drug-likeness (QED) is 0.701. The van der Waals surface area contributed by atoms with E-state index in [-0.39, 0.29) is 17.2 Å². The molecular formula is C18H16Cl2N4O2. The number of nitrogens with one attached hydrogen (secondary N) is 2. The van der Waals surface area contributed by atoms with Gasteiger partial charge in [0.15, 0.2) is 0 Å². The van der Waals surface area contributed by atoms with E-state index in [1.54, 1.807) is 19.1 Å². The average molecular weight is 391 g/mol. The first kappa shape index (κ1) is 18.2. The molecule has 8 heteroatoms. The molecule has 2 aromatic carbocycles. The van der Waals surface area contributed by atoms with Gasteiger partial charge in [0.05, 0.1) is 16.3 Å². The zero-order valence-electron chi connectivity index (χ0n) is 13.9. The van der Waals surface area contributed by atoms with E-state index >= 15 is 0 Å². The summed E-state index contributed by atoms with van der Waals surface area (Å²) in [6, 6.07) is 12.2.